The number of nitrogens with zero attached hydrogens (tertiary/aromatic N) is 1. The Labute approximate surface area is 108 Å². The lowest BCUT2D eigenvalue weighted by molar-refractivity contribution is 1.08. The quantitative estimate of drug-likeness (QED) is 0.839. The third kappa shape index (κ3) is 3.72. The molecule has 4 heteroatoms. The van der Waals surface area contributed by atoms with E-state index in [0.717, 1.165) is 23.4 Å². The first-order chi connectivity index (χ1) is 6.86. The van der Waals surface area contributed by atoms with E-state index in [2.05, 4.69) is 4.98 Å². The number of anilines is 1. The molecule has 0 bridgehead atoms. The molecule has 16 heavy (non-hydrogen) atoms. The van der Waals surface area contributed by atoms with E-state index in [0.29, 0.717) is 0 Å². The molecule has 2 aromatic rings. The second kappa shape index (κ2) is 7.09. The van der Waals surface area contributed by atoms with Crippen LogP contribution in [-0.4, -0.2) is 4.98 Å². The van der Waals surface area contributed by atoms with Gasteiger partial charge in [0.2, 0.25) is 0 Å². The third-order valence-corrected chi connectivity index (χ3v) is 2.15. The molecule has 1 aromatic heterocycles. The summed E-state index contributed by atoms with van der Waals surface area (Å²) in [5, 5.41) is 0. The average molecular weight is 257 g/mol. The van der Waals surface area contributed by atoms with Gasteiger partial charge in [-0.1, -0.05) is 24.3 Å². The van der Waals surface area contributed by atoms with Crippen molar-refractivity contribution in [1.29, 1.82) is 0 Å². The van der Waals surface area contributed by atoms with Crippen LogP contribution in [0.3, 0.4) is 0 Å². The zero-order valence-electron chi connectivity index (χ0n) is 8.67. The highest BCUT2D eigenvalue weighted by molar-refractivity contribution is 5.85. The van der Waals surface area contributed by atoms with Crippen molar-refractivity contribution in [2.75, 3.05) is 5.73 Å². The number of hydrogen-bond donors (Lipinski definition) is 1. The fourth-order valence-electron chi connectivity index (χ4n) is 1.39. The Morgan fingerprint density at radius 3 is 2.25 bits per heavy atom. The first-order valence-corrected chi connectivity index (χ1v) is 4.59. The Balaban J connectivity index is 0.00000112. The van der Waals surface area contributed by atoms with Gasteiger partial charge in [-0.25, -0.2) is 0 Å². The molecule has 1 aromatic carbocycles. The minimum Gasteiger partial charge on any atom is -0.398 e. The SMILES string of the molecule is Cl.Cl.Nc1ccccc1Cc1ccccn1. The lowest BCUT2D eigenvalue weighted by atomic mass is 10.1. The van der Waals surface area contributed by atoms with Gasteiger partial charge in [-0.05, 0) is 23.8 Å². The molecule has 0 spiro atoms. The molecule has 2 rings (SSSR count). The molecule has 0 aliphatic heterocycles. The van der Waals surface area contributed by atoms with E-state index in [1.54, 1.807) is 6.20 Å². The lowest BCUT2D eigenvalue weighted by Crippen LogP contribution is -1.96. The van der Waals surface area contributed by atoms with Crippen LogP contribution in [0.15, 0.2) is 48.7 Å². The summed E-state index contributed by atoms with van der Waals surface area (Å²) in [7, 11) is 0. The highest BCUT2D eigenvalue weighted by Crippen LogP contribution is 2.14. The fraction of sp³-hybridized carbons (Fsp3) is 0.0833. The monoisotopic (exact) mass is 256 g/mol. The molecule has 0 radical (unpaired) electrons. The van der Waals surface area contributed by atoms with Crippen LogP contribution >= 0.6 is 24.8 Å². The molecule has 0 atom stereocenters. The van der Waals surface area contributed by atoms with Gasteiger partial charge >= 0.3 is 0 Å². The van der Waals surface area contributed by atoms with Crippen molar-refractivity contribution in [2.24, 2.45) is 0 Å². The third-order valence-electron chi connectivity index (χ3n) is 2.15. The van der Waals surface area contributed by atoms with Crippen molar-refractivity contribution in [1.82, 2.24) is 4.98 Å². The number of pyridine rings is 1. The summed E-state index contributed by atoms with van der Waals surface area (Å²) in [4.78, 5) is 4.26. The smallest absolute Gasteiger partial charge is 0.0448 e. The summed E-state index contributed by atoms with van der Waals surface area (Å²) < 4.78 is 0. The topological polar surface area (TPSA) is 38.9 Å². The van der Waals surface area contributed by atoms with Gasteiger partial charge in [-0.2, -0.15) is 0 Å². The van der Waals surface area contributed by atoms with Crippen molar-refractivity contribution in [3.05, 3.63) is 59.9 Å². The Hall–Kier alpha value is -1.25. The first-order valence-electron chi connectivity index (χ1n) is 4.59. The van der Waals surface area contributed by atoms with Gasteiger partial charge in [0, 0.05) is 24.0 Å². The van der Waals surface area contributed by atoms with Gasteiger partial charge in [-0.3, -0.25) is 4.98 Å². The minimum absolute atomic E-state index is 0. The molecule has 0 aliphatic carbocycles. The van der Waals surface area contributed by atoms with Crippen LogP contribution in [0.4, 0.5) is 5.69 Å². The Morgan fingerprint density at radius 1 is 0.938 bits per heavy atom. The Morgan fingerprint density at radius 2 is 1.62 bits per heavy atom. The molecule has 0 saturated heterocycles. The van der Waals surface area contributed by atoms with Gasteiger partial charge in [0.1, 0.15) is 0 Å². The van der Waals surface area contributed by atoms with Crippen molar-refractivity contribution in [3.8, 4) is 0 Å². The molecule has 2 nitrogen and oxygen atoms in total. The second-order valence-electron chi connectivity index (χ2n) is 3.20. The van der Waals surface area contributed by atoms with E-state index in [4.69, 9.17) is 5.73 Å². The zero-order chi connectivity index (χ0) is 9.80. The van der Waals surface area contributed by atoms with Crippen LogP contribution in [0.25, 0.3) is 0 Å². The maximum absolute atomic E-state index is 5.84. The van der Waals surface area contributed by atoms with E-state index in [1.165, 1.54) is 0 Å². The highest BCUT2D eigenvalue weighted by atomic mass is 35.5. The lowest BCUT2D eigenvalue weighted by Gasteiger charge is -2.03. The Kier molecular flexibility index (Phi) is 6.54. The summed E-state index contributed by atoms with van der Waals surface area (Å²) in [6, 6.07) is 13.8. The number of rotatable bonds is 2. The van der Waals surface area contributed by atoms with Crippen LogP contribution in [0.2, 0.25) is 0 Å². The van der Waals surface area contributed by atoms with E-state index in [-0.39, 0.29) is 24.8 Å². The van der Waals surface area contributed by atoms with Gasteiger partial charge in [0.15, 0.2) is 0 Å². The van der Waals surface area contributed by atoms with Crippen molar-refractivity contribution in [3.63, 3.8) is 0 Å². The summed E-state index contributed by atoms with van der Waals surface area (Å²) in [6.07, 6.45) is 2.60. The Bertz CT molecular complexity index is 418. The molecule has 0 saturated carbocycles. The van der Waals surface area contributed by atoms with Crippen LogP contribution in [0.1, 0.15) is 11.3 Å². The largest absolute Gasteiger partial charge is 0.398 e. The average Bonchev–Trinajstić information content (AvgIpc) is 2.23. The molecular weight excluding hydrogens is 243 g/mol. The molecule has 0 amide bonds. The summed E-state index contributed by atoms with van der Waals surface area (Å²) in [5.41, 5.74) is 8.85. The maximum atomic E-state index is 5.84. The van der Waals surface area contributed by atoms with E-state index in [9.17, 15) is 0 Å². The van der Waals surface area contributed by atoms with E-state index < -0.39 is 0 Å². The number of halogens is 2. The predicted octanol–water partition coefficient (Wildman–Crippen LogP) is 3.10. The second-order valence-corrected chi connectivity index (χ2v) is 3.20. The molecule has 86 valence electrons. The first kappa shape index (κ1) is 14.8. The van der Waals surface area contributed by atoms with Crippen molar-refractivity contribution < 1.29 is 0 Å². The van der Waals surface area contributed by atoms with Gasteiger partial charge in [0.25, 0.3) is 0 Å². The number of benzene rings is 1. The summed E-state index contributed by atoms with van der Waals surface area (Å²) >= 11 is 0. The van der Waals surface area contributed by atoms with Gasteiger partial charge in [0.05, 0.1) is 0 Å². The maximum Gasteiger partial charge on any atom is 0.0448 e. The minimum atomic E-state index is 0. The number of hydrogen-bond acceptors (Lipinski definition) is 2. The molecule has 0 fully saturated rings. The van der Waals surface area contributed by atoms with Crippen molar-refractivity contribution in [2.45, 2.75) is 6.42 Å². The number of aromatic nitrogens is 1. The van der Waals surface area contributed by atoms with E-state index >= 15 is 0 Å². The van der Waals surface area contributed by atoms with Crippen LogP contribution in [0, 0.1) is 0 Å². The van der Waals surface area contributed by atoms with Gasteiger partial charge < -0.3 is 5.73 Å². The van der Waals surface area contributed by atoms with Crippen LogP contribution in [0.5, 0.6) is 0 Å². The molecule has 0 aliphatic rings. The van der Waals surface area contributed by atoms with Crippen LogP contribution < -0.4 is 5.73 Å². The van der Waals surface area contributed by atoms with E-state index in [1.807, 2.05) is 42.5 Å². The molecule has 0 unspecified atom stereocenters. The van der Waals surface area contributed by atoms with Crippen molar-refractivity contribution >= 4 is 30.5 Å². The fourth-order valence-corrected chi connectivity index (χ4v) is 1.39. The van der Waals surface area contributed by atoms with Gasteiger partial charge in [-0.15, -0.1) is 24.8 Å². The zero-order valence-corrected chi connectivity index (χ0v) is 10.3. The predicted molar refractivity (Wildman–Crippen MR) is 72.4 cm³/mol. The number of para-hydroxylation sites is 1. The molecule has 1 heterocycles. The molecular formula is C12H14Cl2N2. The van der Waals surface area contributed by atoms with Crippen LogP contribution in [-0.2, 0) is 6.42 Å². The number of nitrogen functional groups attached to an aromatic ring is 1. The summed E-state index contributed by atoms with van der Waals surface area (Å²) in [5.74, 6) is 0. The number of nitrogens with two attached hydrogens (primary N) is 1. The molecule has 2 N–H and O–H groups in total. The normalized spacial score (nSPS) is 8.75. The highest BCUT2D eigenvalue weighted by Gasteiger charge is 1.99. The standard InChI is InChI=1S/C12H12N2.2ClH/c13-12-7-2-1-5-10(12)9-11-6-3-4-8-14-11;;/h1-8H,9,13H2;2*1H. The summed E-state index contributed by atoms with van der Waals surface area (Å²) in [6.45, 7) is 0.